The minimum Gasteiger partial charge on any atom is -0.381 e. The Morgan fingerprint density at radius 3 is 2.95 bits per heavy atom. The zero-order valence-corrected chi connectivity index (χ0v) is 12.3. The third-order valence-electron chi connectivity index (χ3n) is 4.71. The predicted octanol–water partition coefficient (Wildman–Crippen LogP) is 0.937. The Bertz CT molecular complexity index is 495. The summed E-state index contributed by atoms with van der Waals surface area (Å²) in [5.74, 6) is 0.902. The van der Waals surface area contributed by atoms with E-state index in [1.807, 2.05) is 4.90 Å². The molecule has 5 nitrogen and oxygen atoms in total. The Morgan fingerprint density at radius 1 is 1.45 bits per heavy atom. The van der Waals surface area contributed by atoms with Crippen LogP contribution in [0, 0.1) is 11.3 Å². The van der Waals surface area contributed by atoms with Crippen molar-refractivity contribution in [3.63, 3.8) is 0 Å². The monoisotopic (exact) mass is 293 g/mol. The van der Waals surface area contributed by atoms with Crippen LogP contribution >= 0.6 is 11.3 Å². The average Bonchev–Trinajstić information content (AvgIpc) is 3.00. The van der Waals surface area contributed by atoms with Gasteiger partial charge in [0, 0.05) is 44.1 Å². The maximum atomic E-state index is 12.3. The first-order valence-corrected chi connectivity index (χ1v) is 8.10. The summed E-state index contributed by atoms with van der Waals surface area (Å²) < 4.78 is 5.23. The van der Waals surface area contributed by atoms with Gasteiger partial charge in [-0.1, -0.05) is 0 Å². The number of nitrogens with zero attached hydrogens (tertiary/aromatic N) is 3. The van der Waals surface area contributed by atoms with Crippen molar-refractivity contribution in [2.45, 2.75) is 6.42 Å². The van der Waals surface area contributed by atoms with Crippen LogP contribution in [0.3, 0.4) is 0 Å². The molecule has 108 valence electrons. The second kappa shape index (κ2) is 4.79. The lowest BCUT2D eigenvalue weighted by molar-refractivity contribution is -0.0785. The van der Waals surface area contributed by atoms with Crippen molar-refractivity contribution < 1.29 is 9.53 Å². The number of thiazole rings is 1. The highest BCUT2D eigenvalue weighted by Gasteiger charge is 2.49. The molecule has 0 aromatic carbocycles. The highest BCUT2D eigenvalue weighted by Crippen LogP contribution is 2.40. The number of hydrogen-bond acceptors (Lipinski definition) is 5. The molecule has 1 aromatic heterocycles. The average molecular weight is 293 g/mol. The first-order chi connectivity index (χ1) is 9.74. The van der Waals surface area contributed by atoms with E-state index in [0.717, 1.165) is 56.6 Å². The lowest BCUT2D eigenvalue weighted by Crippen LogP contribution is -2.59. The number of likely N-dealkylation sites (tertiary alicyclic amines) is 2. The molecule has 1 amide bonds. The first-order valence-electron chi connectivity index (χ1n) is 7.22. The molecule has 3 saturated heterocycles. The van der Waals surface area contributed by atoms with E-state index in [1.165, 1.54) is 17.9 Å². The van der Waals surface area contributed by atoms with E-state index in [2.05, 4.69) is 9.88 Å². The van der Waals surface area contributed by atoms with Crippen LogP contribution in [0.5, 0.6) is 0 Å². The molecular formula is C14H19N3O2S. The van der Waals surface area contributed by atoms with Crippen molar-refractivity contribution in [3.05, 3.63) is 16.6 Å². The number of rotatable bonds is 3. The maximum Gasteiger partial charge on any atom is 0.265 e. The van der Waals surface area contributed by atoms with Crippen LogP contribution in [0.4, 0.5) is 0 Å². The molecule has 3 aliphatic rings. The second-order valence-corrected chi connectivity index (χ2v) is 7.30. The van der Waals surface area contributed by atoms with E-state index >= 15 is 0 Å². The summed E-state index contributed by atoms with van der Waals surface area (Å²) in [5, 5.41) is 0. The fourth-order valence-electron chi connectivity index (χ4n) is 3.63. The van der Waals surface area contributed by atoms with Crippen molar-refractivity contribution in [2.75, 3.05) is 45.9 Å². The molecule has 6 heteroatoms. The standard InChI is InChI=1S/C14H19N3O2S/c18-13(12-3-15-10-20-12)17-2-1-14(9-17)7-16(8-14)4-11-5-19-6-11/h3,10-11H,1-2,4-9H2. The summed E-state index contributed by atoms with van der Waals surface area (Å²) in [7, 11) is 0. The van der Waals surface area contributed by atoms with E-state index in [-0.39, 0.29) is 5.91 Å². The van der Waals surface area contributed by atoms with E-state index in [4.69, 9.17) is 4.74 Å². The summed E-state index contributed by atoms with van der Waals surface area (Å²) in [4.78, 5) is 21.6. The van der Waals surface area contributed by atoms with Gasteiger partial charge >= 0.3 is 0 Å². The van der Waals surface area contributed by atoms with Crippen LogP contribution in [0.25, 0.3) is 0 Å². The molecular weight excluding hydrogens is 274 g/mol. The Balaban J connectivity index is 1.31. The normalized spacial score (nSPS) is 25.7. The largest absolute Gasteiger partial charge is 0.381 e. The molecule has 1 aromatic rings. The molecule has 4 rings (SSSR count). The number of hydrogen-bond donors (Lipinski definition) is 0. The van der Waals surface area contributed by atoms with Crippen LogP contribution in [-0.4, -0.2) is 66.6 Å². The van der Waals surface area contributed by atoms with Crippen LogP contribution in [-0.2, 0) is 4.74 Å². The van der Waals surface area contributed by atoms with Gasteiger partial charge in [0.25, 0.3) is 5.91 Å². The van der Waals surface area contributed by atoms with Gasteiger partial charge in [-0.25, -0.2) is 0 Å². The van der Waals surface area contributed by atoms with Crippen molar-refractivity contribution in [2.24, 2.45) is 11.3 Å². The first kappa shape index (κ1) is 12.7. The van der Waals surface area contributed by atoms with Gasteiger partial charge < -0.3 is 14.5 Å². The van der Waals surface area contributed by atoms with Gasteiger partial charge in [-0.15, -0.1) is 11.3 Å². The van der Waals surface area contributed by atoms with E-state index in [0.29, 0.717) is 5.41 Å². The molecule has 0 unspecified atom stereocenters. The SMILES string of the molecule is O=C(c1cncs1)N1CCC2(CN(CC3COC3)C2)C1. The molecule has 0 bridgehead atoms. The summed E-state index contributed by atoms with van der Waals surface area (Å²) >= 11 is 1.44. The molecule has 4 heterocycles. The summed E-state index contributed by atoms with van der Waals surface area (Å²) in [6, 6.07) is 0. The molecule has 3 fully saturated rings. The number of ether oxygens (including phenoxy) is 1. The summed E-state index contributed by atoms with van der Waals surface area (Å²) in [6.07, 6.45) is 2.83. The van der Waals surface area contributed by atoms with Crippen molar-refractivity contribution in [3.8, 4) is 0 Å². The topological polar surface area (TPSA) is 45.7 Å². The quantitative estimate of drug-likeness (QED) is 0.832. The Morgan fingerprint density at radius 2 is 2.30 bits per heavy atom. The lowest BCUT2D eigenvalue weighted by Gasteiger charge is -2.50. The van der Waals surface area contributed by atoms with Gasteiger partial charge in [-0.05, 0) is 6.42 Å². The highest BCUT2D eigenvalue weighted by atomic mass is 32.1. The minimum absolute atomic E-state index is 0.162. The summed E-state index contributed by atoms with van der Waals surface area (Å²) in [6.45, 7) is 7.15. The van der Waals surface area contributed by atoms with Crippen LogP contribution in [0.15, 0.2) is 11.7 Å². The van der Waals surface area contributed by atoms with Crippen molar-refractivity contribution in [1.82, 2.24) is 14.8 Å². The number of carbonyl (C=O) groups is 1. The van der Waals surface area contributed by atoms with Crippen LogP contribution < -0.4 is 0 Å². The van der Waals surface area contributed by atoms with E-state index in [1.54, 1.807) is 11.7 Å². The van der Waals surface area contributed by atoms with Gasteiger partial charge in [0.2, 0.25) is 0 Å². The fourth-order valence-corrected chi connectivity index (χ4v) is 4.22. The van der Waals surface area contributed by atoms with Gasteiger partial charge in [-0.2, -0.15) is 0 Å². The Kier molecular flexibility index (Phi) is 3.05. The van der Waals surface area contributed by atoms with E-state index < -0.39 is 0 Å². The molecule has 0 atom stereocenters. The van der Waals surface area contributed by atoms with Crippen LogP contribution in [0.2, 0.25) is 0 Å². The third kappa shape index (κ3) is 2.16. The smallest absolute Gasteiger partial charge is 0.265 e. The molecule has 0 saturated carbocycles. The maximum absolute atomic E-state index is 12.3. The zero-order valence-electron chi connectivity index (χ0n) is 11.5. The number of amides is 1. The second-order valence-electron chi connectivity index (χ2n) is 6.42. The molecule has 3 aliphatic heterocycles. The highest BCUT2D eigenvalue weighted by molar-refractivity contribution is 7.11. The van der Waals surface area contributed by atoms with Crippen LogP contribution in [0.1, 0.15) is 16.1 Å². The van der Waals surface area contributed by atoms with E-state index in [9.17, 15) is 4.79 Å². The summed E-state index contributed by atoms with van der Waals surface area (Å²) in [5.41, 5.74) is 2.09. The zero-order chi connectivity index (χ0) is 13.6. The molecule has 0 aliphatic carbocycles. The van der Waals surface area contributed by atoms with Gasteiger partial charge in [0.1, 0.15) is 4.88 Å². The fraction of sp³-hybridized carbons (Fsp3) is 0.714. The Labute approximate surface area is 122 Å². The minimum atomic E-state index is 0.162. The Hall–Kier alpha value is -0.980. The van der Waals surface area contributed by atoms with Crippen molar-refractivity contribution >= 4 is 17.2 Å². The molecule has 0 N–H and O–H groups in total. The third-order valence-corrected chi connectivity index (χ3v) is 5.47. The molecule has 1 spiro atoms. The predicted molar refractivity (Wildman–Crippen MR) is 75.8 cm³/mol. The number of aromatic nitrogens is 1. The van der Waals surface area contributed by atoms with Gasteiger partial charge in [0.05, 0.1) is 24.9 Å². The number of carbonyl (C=O) groups excluding carboxylic acids is 1. The van der Waals surface area contributed by atoms with Crippen molar-refractivity contribution in [1.29, 1.82) is 0 Å². The van der Waals surface area contributed by atoms with Gasteiger partial charge in [-0.3, -0.25) is 9.78 Å². The molecule has 0 radical (unpaired) electrons. The lowest BCUT2D eigenvalue weighted by atomic mass is 9.78. The van der Waals surface area contributed by atoms with Gasteiger partial charge in [0.15, 0.2) is 0 Å². The molecule has 20 heavy (non-hydrogen) atoms.